The van der Waals surface area contributed by atoms with Gasteiger partial charge in [0.15, 0.2) is 0 Å². The summed E-state index contributed by atoms with van der Waals surface area (Å²) in [5.74, 6) is 1.39. The summed E-state index contributed by atoms with van der Waals surface area (Å²) in [5, 5.41) is 0.922. The maximum Gasteiger partial charge on any atom is 0.218 e. The number of nitrogens with one attached hydrogen (secondary N) is 1. The zero-order valence-corrected chi connectivity index (χ0v) is 15.1. The van der Waals surface area contributed by atoms with Crippen molar-refractivity contribution in [2.24, 2.45) is 0 Å². The van der Waals surface area contributed by atoms with Crippen LogP contribution in [0.2, 0.25) is 0 Å². The predicted octanol–water partition coefficient (Wildman–Crippen LogP) is 2.70. The first-order valence-electron chi connectivity index (χ1n) is 8.18. The molecule has 0 aromatic heterocycles. The molecule has 2 atom stereocenters. The molecule has 1 saturated heterocycles. The molecular formula is C18H22N2O4S. The summed E-state index contributed by atoms with van der Waals surface area (Å²) >= 11 is 0. The Labute approximate surface area is 148 Å². The summed E-state index contributed by atoms with van der Waals surface area (Å²) in [6.45, 7) is 2.24. The van der Waals surface area contributed by atoms with Crippen LogP contribution in [-0.2, 0) is 14.9 Å². The summed E-state index contributed by atoms with van der Waals surface area (Å²) in [6, 6.07) is 16.5. The number of hydrogen-bond acceptors (Lipinski definition) is 5. The Morgan fingerprint density at radius 2 is 1.88 bits per heavy atom. The summed E-state index contributed by atoms with van der Waals surface area (Å²) in [6.07, 6.45) is 0. The molecule has 3 rings (SSSR count). The fourth-order valence-electron chi connectivity index (χ4n) is 2.98. The van der Waals surface area contributed by atoms with E-state index in [1.807, 2.05) is 54.6 Å². The maximum absolute atomic E-state index is 12.5. The minimum Gasteiger partial charge on any atom is -0.457 e. The Hall–Kier alpha value is -1.93. The highest BCUT2D eigenvalue weighted by molar-refractivity contribution is 7.90. The quantitative estimate of drug-likeness (QED) is 0.856. The second kappa shape index (κ2) is 7.53. The van der Waals surface area contributed by atoms with E-state index in [0.717, 1.165) is 11.3 Å². The molecule has 0 spiro atoms. The molecule has 0 radical (unpaired) electrons. The van der Waals surface area contributed by atoms with E-state index in [1.54, 1.807) is 19.0 Å². The number of ether oxygens (including phenoxy) is 1. The zero-order valence-electron chi connectivity index (χ0n) is 14.3. The summed E-state index contributed by atoms with van der Waals surface area (Å²) < 4.78 is 33.4. The second-order valence-electron chi connectivity index (χ2n) is 5.86. The lowest BCUT2D eigenvalue weighted by Crippen LogP contribution is -2.39. The number of hydrogen-bond donors (Lipinski definition) is 1. The fraction of sp³-hybridized carbons (Fsp3) is 0.333. The lowest BCUT2D eigenvalue weighted by molar-refractivity contribution is -0.110. The maximum atomic E-state index is 12.5. The number of rotatable bonds is 6. The van der Waals surface area contributed by atoms with Gasteiger partial charge in [-0.1, -0.05) is 37.3 Å². The van der Waals surface area contributed by atoms with Crippen molar-refractivity contribution in [3.05, 3.63) is 60.2 Å². The molecule has 25 heavy (non-hydrogen) atoms. The Balaban J connectivity index is 1.88. The molecule has 1 fully saturated rings. The van der Waals surface area contributed by atoms with Gasteiger partial charge in [0.05, 0.1) is 12.6 Å². The van der Waals surface area contributed by atoms with Gasteiger partial charge < -0.3 is 4.74 Å². The number of hydroxylamine groups is 2. The monoisotopic (exact) mass is 362 g/mol. The molecular weight excluding hydrogens is 340 g/mol. The van der Waals surface area contributed by atoms with Crippen molar-refractivity contribution in [1.29, 1.82) is 0 Å². The molecule has 2 aromatic rings. The standard InChI is InChI=1S/C18H22N2O4S/c1-3-19-25(21,22)17-13-23-20(2)18(17)14-8-7-11-16(12-14)24-15-9-5-4-6-10-15/h4-12,17-19H,3,13H2,1-2H3. The smallest absolute Gasteiger partial charge is 0.218 e. The third-order valence-corrected chi connectivity index (χ3v) is 5.99. The first kappa shape index (κ1) is 17.9. The first-order valence-corrected chi connectivity index (χ1v) is 9.73. The normalized spacial score (nSPS) is 21.4. The molecule has 1 aliphatic rings. The van der Waals surface area contributed by atoms with E-state index in [1.165, 1.54) is 0 Å². The Morgan fingerprint density at radius 3 is 2.60 bits per heavy atom. The van der Waals surface area contributed by atoms with Gasteiger partial charge in [-0.2, -0.15) is 5.06 Å². The van der Waals surface area contributed by atoms with Gasteiger partial charge in [-0.15, -0.1) is 0 Å². The third-order valence-electron chi connectivity index (χ3n) is 4.11. The van der Waals surface area contributed by atoms with Crippen LogP contribution < -0.4 is 9.46 Å². The lowest BCUT2D eigenvalue weighted by atomic mass is 10.0. The molecule has 1 heterocycles. The van der Waals surface area contributed by atoms with Gasteiger partial charge in [-0.05, 0) is 29.8 Å². The Kier molecular flexibility index (Phi) is 5.39. The van der Waals surface area contributed by atoms with Crippen molar-refractivity contribution in [3.8, 4) is 11.5 Å². The molecule has 7 heteroatoms. The van der Waals surface area contributed by atoms with Crippen LogP contribution in [0.3, 0.4) is 0 Å². The third kappa shape index (κ3) is 4.01. The highest BCUT2D eigenvalue weighted by Crippen LogP contribution is 2.35. The average molecular weight is 362 g/mol. The Morgan fingerprint density at radius 1 is 1.16 bits per heavy atom. The van der Waals surface area contributed by atoms with Crippen molar-refractivity contribution >= 4 is 10.0 Å². The lowest BCUT2D eigenvalue weighted by Gasteiger charge is -2.23. The molecule has 0 saturated carbocycles. The van der Waals surface area contributed by atoms with Crippen molar-refractivity contribution in [1.82, 2.24) is 9.79 Å². The van der Waals surface area contributed by atoms with Crippen LogP contribution in [0, 0.1) is 0 Å². The predicted molar refractivity (Wildman–Crippen MR) is 95.8 cm³/mol. The van der Waals surface area contributed by atoms with Crippen molar-refractivity contribution < 1.29 is 18.0 Å². The van der Waals surface area contributed by atoms with Crippen LogP contribution in [0.1, 0.15) is 18.5 Å². The van der Waals surface area contributed by atoms with E-state index in [-0.39, 0.29) is 6.61 Å². The molecule has 2 unspecified atom stereocenters. The molecule has 1 aliphatic heterocycles. The van der Waals surface area contributed by atoms with E-state index in [9.17, 15) is 8.42 Å². The average Bonchev–Trinajstić information content (AvgIpc) is 2.98. The first-order chi connectivity index (χ1) is 12.0. The van der Waals surface area contributed by atoms with Gasteiger partial charge in [-0.25, -0.2) is 13.1 Å². The number of para-hydroxylation sites is 1. The second-order valence-corrected chi connectivity index (χ2v) is 7.84. The van der Waals surface area contributed by atoms with Crippen LogP contribution >= 0.6 is 0 Å². The molecule has 0 bridgehead atoms. The van der Waals surface area contributed by atoms with Crippen LogP contribution in [0.4, 0.5) is 0 Å². The summed E-state index contributed by atoms with van der Waals surface area (Å²) in [5.41, 5.74) is 0.833. The zero-order chi connectivity index (χ0) is 17.9. The molecule has 6 nitrogen and oxygen atoms in total. The van der Waals surface area contributed by atoms with E-state index >= 15 is 0 Å². The minimum atomic E-state index is -3.47. The van der Waals surface area contributed by atoms with Gasteiger partial charge in [-0.3, -0.25) is 4.84 Å². The van der Waals surface area contributed by atoms with Crippen LogP contribution in [0.5, 0.6) is 11.5 Å². The molecule has 134 valence electrons. The van der Waals surface area contributed by atoms with Gasteiger partial charge in [0, 0.05) is 13.6 Å². The van der Waals surface area contributed by atoms with E-state index in [0.29, 0.717) is 12.3 Å². The van der Waals surface area contributed by atoms with E-state index in [4.69, 9.17) is 9.57 Å². The largest absolute Gasteiger partial charge is 0.457 e. The van der Waals surface area contributed by atoms with Crippen LogP contribution in [0.25, 0.3) is 0 Å². The van der Waals surface area contributed by atoms with Crippen LogP contribution in [0.15, 0.2) is 54.6 Å². The van der Waals surface area contributed by atoms with E-state index in [2.05, 4.69) is 4.72 Å². The summed E-state index contributed by atoms with van der Waals surface area (Å²) in [4.78, 5) is 5.50. The molecule has 0 amide bonds. The topological polar surface area (TPSA) is 67.9 Å². The van der Waals surface area contributed by atoms with E-state index < -0.39 is 21.3 Å². The number of nitrogens with zero attached hydrogens (tertiary/aromatic N) is 1. The number of sulfonamides is 1. The highest BCUT2D eigenvalue weighted by Gasteiger charge is 2.42. The van der Waals surface area contributed by atoms with Gasteiger partial charge >= 0.3 is 0 Å². The van der Waals surface area contributed by atoms with Gasteiger partial charge in [0.25, 0.3) is 0 Å². The number of benzene rings is 2. The summed E-state index contributed by atoms with van der Waals surface area (Å²) in [7, 11) is -1.72. The molecule has 0 aliphatic carbocycles. The van der Waals surface area contributed by atoms with Gasteiger partial charge in [0.2, 0.25) is 10.0 Å². The SMILES string of the molecule is CCNS(=O)(=O)C1CON(C)C1c1cccc(Oc2ccccc2)c1. The van der Waals surface area contributed by atoms with Crippen molar-refractivity contribution in [2.45, 2.75) is 18.2 Å². The molecule has 1 N–H and O–H groups in total. The fourth-order valence-corrected chi connectivity index (χ4v) is 4.50. The molecule has 2 aromatic carbocycles. The highest BCUT2D eigenvalue weighted by atomic mass is 32.2. The van der Waals surface area contributed by atoms with Crippen LogP contribution in [-0.4, -0.2) is 38.9 Å². The van der Waals surface area contributed by atoms with Crippen molar-refractivity contribution in [2.75, 3.05) is 20.2 Å². The van der Waals surface area contributed by atoms with Crippen molar-refractivity contribution in [3.63, 3.8) is 0 Å². The Bertz CT molecular complexity index is 811. The van der Waals surface area contributed by atoms with Gasteiger partial charge in [0.1, 0.15) is 16.7 Å². The minimum absolute atomic E-state index is 0.125.